The summed E-state index contributed by atoms with van der Waals surface area (Å²) in [7, 11) is 0. The lowest BCUT2D eigenvalue weighted by Crippen LogP contribution is -2.33. The molecule has 3 rings (SSSR count). The van der Waals surface area contributed by atoms with Gasteiger partial charge in [-0.05, 0) is 49.4 Å². The maximum atomic E-state index is 12.2. The molecule has 5 nitrogen and oxygen atoms in total. The van der Waals surface area contributed by atoms with E-state index in [0.717, 1.165) is 25.1 Å². The molecule has 2 aliphatic rings. The fourth-order valence-corrected chi connectivity index (χ4v) is 3.05. The summed E-state index contributed by atoms with van der Waals surface area (Å²) >= 11 is 0. The van der Waals surface area contributed by atoms with Crippen LogP contribution in [0.3, 0.4) is 0 Å². The average molecular weight is 274 g/mol. The number of benzene rings is 1. The number of aliphatic carboxylic acids is 1. The molecule has 2 atom stereocenters. The molecule has 0 bridgehead atoms. The molecular formula is C15H18N2O3. The van der Waals surface area contributed by atoms with Crippen molar-refractivity contribution in [3.63, 3.8) is 0 Å². The van der Waals surface area contributed by atoms with Crippen LogP contribution < -0.4 is 10.6 Å². The van der Waals surface area contributed by atoms with Gasteiger partial charge in [0.15, 0.2) is 0 Å². The third kappa shape index (κ3) is 2.48. The van der Waals surface area contributed by atoms with Gasteiger partial charge in [0.2, 0.25) is 0 Å². The first-order valence-corrected chi connectivity index (χ1v) is 7.04. The minimum Gasteiger partial charge on any atom is -0.481 e. The molecule has 1 heterocycles. The molecule has 0 unspecified atom stereocenters. The Labute approximate surface area is 117 Å². The van der Waals surface area contributed by atoms with Crippen molar-refractivity contribution >= 4 is 17.6 Å². The van der Waals surface area contributed by atoms with Crippen molar-refractivity contribution in [2.75, 3.05) is 11.9 Å². The van der Waals surface area contributed by atoms with E-state index in [1.165, 1.54) is 5.56 Å². The normalized spacial score (nSPS) is 24.0. The first-order chi connectivity index (χ1) is 9.63. The topological polar surface area (TPSA) is 78.4 Å². The zero-order valence-electron chi connectivity index (χ0n) is 11.2. The second-order valence-corrected chi connectivity index (χ2v) is 5.57. The summed E-state index contributed by atoms with van der Waals surface area (Å²) in [5, 5.41) is 15.2. The third-order valence-corrected chi connectivity index (χ3v) is 4.19. The number of anilines is 1. The van der Waals surface area contributed by atoms with Crippen molar-refractivity contribution < 1.29 is 14.7 Å². The SMILES string of the molecule is O=C(N[C@H]1CC[C@@H](C(=O)O)C1)c1ccc2c(c1)CCN2. The number of hydrogen-bond donors (Lipinski definition) is 3. The average Bonchev–Trinajstić information content (AvgIpc) is 3.05. The standard InChI is InChI=1S/C15H18N2O3/c18-14(17-12-3-1-11(8-12)15(19)20)10-2-4-13-9(7-10)5-6-16-13/h2,4,7,11-12,16H,1,3,5-6,8H2,(H,17,18)(H,19,20)/t11-,12+/m1/s1. The highest BCUT2D eigenvalue weighted by atomic mass is 16.4. The Bertz CT molecular complexity index is 556. The van der Waals surface area contributed by atoms with Gasteiger partial charge in [-0.3, -0.25) is 9.59 Å². The molecule has 0 radical (unpaired) electrons. The number of fused-ring (bicyclic) bond motifs is 1. The number of carbonyl (C=O) groups excluding carboxylic acids is 1. The van der Waals surface area contributed by atoms with Crippen molar-refractivity contribution in [3.8, 4) is 0 Å². The van der Waals surface area contributed by atoms with Gasteiger partial charge in [-0.15, -0.1) is 0 Å². The van der Waals surface area contributed by atoms with Gasteiger partial charge in [0, 0.05) is 23.8 Å². The molecular weight excluding hydrogens is 256 g/mol. The van der Waals surface area contributed by atoms with Crippen molar-refractivity contribution in [3.05, 3.63) is 29.3 Å². The second kappa shape index (κ2) is 5.15. The van der Waals surface area contributed by atoms with Crippen molar-refractivity contribution in [1.82, 2.24) is 5.32 Å². The lowest BCUT2D eigenvalue weighted by Gasteiger charge is -2.13. The molecule has 1 aliphatic heterocycles. The van der Waals surface area contributed by atoms with Gasteiger partial charge in [-0.1, -0.05) is 0 Å². The van der Waals surface area contributed by atoms with Gasteiger partial charge in [-0.2, -0.15) is 0 Å². The van der Waals surface area contributed by atoms with Crippen LogP contribution in [0, 0.1) is 5.92 Å². The highest BCUT2D eigenvalue weighted by Gasteiger charge is 2.30. The predicted octanol–water partition coefficient (Wildman–Crippen LogP) is 1.64. The number of carboxylic acids is 1. The largest absolute Gasteiger partial charge is 0.481 e. The van der Waals surface area contributed by atoms with E-state index in [0.29, 0.717) is 18.4 Å². The number of nitrogens with one attached hydrogen (secondary N) is 2. The molecule has 1 aromatic carbocycles. The second-order valence-electron chi connectivity index (χ2n) is 5.57. The fraction of sp³-hybridized carbons (Fsp3) is 0.467. The maximum Gasteiger partial charge on any atom is 0.306 e. The molecule has 0 aromatic heterocycles. The van der Waals surface area contributed by atoms with Crippen molar-refractivity contribution in [1.29, 1.82) is 0 Å². The van der Waals surface area contributed by atoms with Gasteiger partial charge in [0.25, 0.3) is 5.91 Å². The zero-order valence-corrected chi connectivity index (χ0v) is 11.2. The highest BCUT2D eigenvalue weighted by molar-refractivity contribution is 5.95. The minimum atomic E-state index is -0.759. The number of carbonyl (C=O) groups is 2. The molecule has 0 saturated heterocycles. The number of hydrogen-bond acceptors (Lipinski definition) is 3. The molecule has 1 fully saturated rings. The monoisotopic (exact) mass is 274 g/mol. The summed E-state index contributed by atoms with van der Waals surface area (Å²) in [4.78, 5) is 23.1. The van der Waals surface area contributed by atoms with Crippen molar-refractivity contribution in [2.45, 2.75) is 31.7 Å². The first kappa shape index (κ1) is 13.0. The Morgan fingerprint density at radius 1 is 1.30 bits per heavy atom. The van der Waals surface area contributed by atoms with Crippen molar-refractivity contribution in [2.24, 2.45) is 5.92 Å². The smallest absolute Gasteiger partial charge is 0.306 e. The molecule has 1 aliphatic carbocycles. The van der Waals surface area contributed by atoms with Gasteiger partial charge >= 0.3 is 5.97 Å². The minimum absolute atomic E-state index is 0.0185. The predicted molar refractivity (Wildman–Crippen MR) is 74.9 cm³/mol. The molecule has 1 saturated carbocycles. The van der Waals surface area contributed by atoms with E-state index in [-0.39, 0.29) is 17.9 Å². The summed E-state index contributed by atoms with van der Waals surface area (Å²) in [6, 6.07) is 5.66. The highest BCUT2D eigenvalue weighted by Crippen LogP contribution is 2.27. The molecule has 1 amide bonds. The van der Waals surface area contributed by atoms with Crippen LogP contribution in [-0.4, -0.2) is 29.6 Å². The van der Waals surface area contributed by atoms with E-state index in [4.69, 9.17) is 5.11 Å². The maximum absolute atomic E-state index is 12.2. The van der Waals surface area contributed by atoms with Crippen LogP contribution in [0.5, 0.6) is 0 Å². The van der Waals surface area contributed by atoms with E-state index in [9.17, 15) is 9.59 Å². The van der Waals surface area contributed by atoms with Gasteiger partial charge in [0.05, 0.1) is 5.92 Å². The Kier molecular flexibility index (Phi) is 3.34. The Morgan fingerprint density at radius 2 is 2.15 bits per heavy atom. The summed E-state index contributed by atoms with van der Waals surface area (Å²) in [6.07, 6.45) is 2.87. The van der Waals surface area contributed by atoms with Gasteiger partial charge in [0.1, 0.15) is 0 Å². The van der Waals surface area contributed by atoms with Crippen LogP contribution in [0.4, 0.5) is 5.69 Å². The Balaban J connectivity index is 1.64. The van der Waals surface area contributed by atoms with Crippen LogP contribution in [0.15, 0.2) is 18.2 Å². The molecule has 20 heavy (non-hydrogen) atoms. The van der Waals surface area contributed by atoms with E-state index >= 15 is 0 Å². The van der Waals surface area contributed by atoms with Crippen LogP contribution in [-0.2, 0) is 11.2 Å². The number of rotatable bonds is 3. The lowest BCUT2D eigenvalue weighted by atomic mass is 10.1. The molecule has 1 aromatic rings. The van der Waals surface area contributed by atoms with Crippen LogP contribution in [0.1, 0.15) is 35.2 Å². The zero-order chi connectivity index (χ0) is 14.1. The summed E-state index contributed by atoms with van der Waals surface area (Å²) in [5.41, 5.74) is 2.94. The Morgan fingerprint density at radius 3 is 2.90 bits per heavy atom. The van der Waals surface area contributed by atoms with E-state index in [1.807, 2.05) is 18.2 Å². The number of carboxylic acid groups (broad SMARTS) is 1. The quantitative estimate of drug-likeness (QED) is 0.783. The fourth-order valence-electron chi connectivity index (χ4n) is 3.05. The first-order valence-electron chi connectivity index (χ1n) is 7.04. The summed E-state index contributed by atoms with van der Waals surface area (Å²) in [6.45, 7) is 0.920. The van der Waals surface area contributed by atoms with Gasteiger partial charge < -0.3 is 15.7 Å². The summed E-state index contributed by atoms with van der Waals surface area (Å²) < 4.78 is 0. The summed E-state index contributed by atoms with van der Waals surface area (Å²) in [5.74, 6) is -1.18. The van der Waals surface area contributed by atoms with Crippen LogP contribution in [0.2, 0.25) is 0 Å². The number of amides is 1. The van der Waals surface area contributed by atoms with E-state index < -0.39 is 5.97 Å². The van der Waals surface area contributed by atoms with Crippen LogP contribution in [0.25, 0.3) is 0 Å². The van der Waals surface area contributed by atoms with E-state index in [2.05, 4.69) is 10.6 Å². The molecule has 3 N–H and O–H groups in total. The molecule has 5 heteroatoms. The third-order valence-electron chi connectivity index (χ3n) is 4.19. The van der Waals surface area contributed by atoms with Gasteiger partial charge in [-0.25, -0.2) is 0 Å². The lowest BCUT2D eigenvalue weighted by molar-refractivity contribution is -0.141. The van der Waals surface area contributed by atoms with Crippen LogP contribution >= 0.6 is 0 Å². The molecule has 106 valence electrons. The van der Waals surface area contributed by atoms with E-state index in [1.54, 1.807) is 0 Å². The molecule has 0 spiro atoms. The Hall–Kier alpha value is -2.04.